The van der Waals surface area contributed by atoms with E-state index in [1.165, 1.54) is 0 Å². The molecule has 4 rings (SSSR count). The van der Waals surface area contributed by atoms with E-state index in [1.807, 2.05) is 42.1 Å². The first kappa shape index (κ1) is 12.2. The molecule has 5 nitrogen and oxygen atoms in total. The number of H-pyrrole nitrogens is 1. The molecular formula is C15H12ClN5. The van der Waals surface area contributed by atoms with Gasteiger partial charge in [-0.1, -0.05) is 29.8 Å². The Kier molecular flexibility index (Phi) is 2.46. The molecule has 0 aliphatic rings. The molecule has 0 unspecified atom stereocenters. The summed E-state index contributed by atoms with van der Waals surface area (Å²) in [5.41, 5.74) is 9.91. The summed E-state index contributed by atoms with van der Waals surface area (Å²) in [4.78, 5) is 7.82. The maximum Gasteiger partial charge on any atom is 0.159 e. The first-order valence-electron chi connectivity index (χ1n) is 6.50. The van der Waals surface area contributed by atoms with Crippen molar-refractivity contribution in [2.75, 3.05) is 5.73 Å². The van der Waals surface area contributed by atoms with Crippen LogP contribution in [0.3, 0.4) is 0 Å². The monoisotopic (exact) mass is 297 g/mol. The van der Waals surface area contributed by atoms with Crippen molar-refractivity contribution in [2.24, 2.45) is 7.05 Å². The third-order valence-electron chi connectivity index (χ3n) is 3.56. The number of nitrogens with two attached hydrogens (primary N) is 1. The van der Waals surface area contributed by atoms with Crippen molar-refractivity contribution < 1.29 is 0 Å². The van der Waals surface area contributed by atoms with E-state index in [4.69, 9.17) is 17.3 Å². The Balaban J connectivity index is 2.03. The normalized spacial score (nSPS) is 11.5. The molecule has 2 aromatic heterocycles. The number of aryl methyl sites for hydroxylation is 1. The minimum Gasteiger partial charge on any atom is -0.397 e. The topological polar surface area (TPSA) is 72.5 Å². The molecule has 6 heteroatoms. The molecule has 0 saturated carbocycles. The minimum atomic E-state index is 0.556. The van der Waals surface area contributed by atoms with E-state index in [9.17, 15) is 0 Å². The molecule has 0 fully saturated rings. The summed E-state index contributed by atoms with van der Waals surface area (Å²) in [5, 5.41) is 6.19. The van der Waals surface area contributed by atoms with Gasteiger partial charge in [0, 0.05) is 17.5 Å². The highest BCUT2D eigenvalue weighted by molar-refractivity contribution is 6.31. The summed E-state index contributed by atoms with van der Waals surface area (Å²) >= 11 is 6.03. The second-order valence-electron chi connectivity index (χ2n) is 4.97. The van der Waals surface area contributed by atoms with Crippen LogP contribution in [0.15, 0.2) is 36.4 Å². The number of fused-ring (bicyclic) bond motifs is 2. The summed E-state index contributed by atoms with van der Waals surface area (Å²) in [6.07, 6.45) is 0. The molecule has 2 heterocycles. The molecule has 0 aliphatic heterocycles. The third-order valence-corrected chi connectivity index (χ3v) is 3.78. The Morgan fingerprint density at radius 3 is 2.90 bits per heavy atom. The number of aromatic nitrogens is 4. The number of nitrogen functional groups attached to an aromatic ring is 1. The van der Waals surface area contributed by atoms with Crippen molar-refractivity contribution >= 4 is 39.2 Å². The summed E-state index contributed by atoms with van der Waals surface area (Å²) in [6, 6.07) is 11.5. The molecule has 2 aromatic carbocycles. The lowest BCUT2D eigenvalue weighted by Crippen LogP contribution is -1.90. The average molecular weight is 298 g/mol. The highest BCUT2D eigenvalue weighted by Gasteiger charge is 2.15. The molecule has 3 N–H and O–H groups in total. The molecule has 0 aliphatic carbocycles. The van der Waals surface area contributed by atoms with E-state index in [-0.39, 0.29) is 0 Å². The summed E-state index contributed by atoms with van der Waals surface area (Å²) in [5.74, 6) is 0.691. The van der Waals surface area contributed by atoms with Crippen molar-refractivity contribution in [3.8, 4) is 11.5 Å². The molecule has 104 valence electrons. The second kappa shape index (κ2) is 4.23. The molecule has 0 radical (unpaired) electrons. The number of benzene rings is 2. The number of nitrogens with zero attached hydrogens (tertiary/aromatic N) is 3. The highest BCUT2D eigenvalue weighted by atomic mass is 35.5. The predicted molar refractivity (Wildman–Crippen MR) is 85.2 cm³/mol. The minimum absolute atomic E-state index is 0.556. The molecule has 0 atom stereocenters. The van der Waals surface area contributed by atoms with Crippen LogP contribution in [-0.2, 0) is 7.05 Å². The maximum absolute atomic E-state index is 6.03. The van der Waals surface area contributed by atoms with Crippen LogP contribution in [0.25, 0.3) is 33.5 Å². The zero-order valence-corrected chi connectivity index (χ0v) is 12.0. The first-order chi connectivity index (χ1) is 10.1. The zero-order valence-electron chi connectivity index (χ0n) is 11.3. The van der Waals surface area contributed by atoms with Crippen molar-refractivity contribution in [1.29, 1.82) is 0 Å². The van der Waals surface area contributed by atoms with Gasteiger partial charge in [0.25, 0.3) is 0 Å². The average Bonchev–Trinajstić information content (AvgIpc) is 3.01. The van der Waals surface area contributed by atoms with Gasteiger partial charge in [-0.2, -0.15) is 5.10 Å². The fourth-order valence-electron chi connectivity index (χ4n) is 2.61. The van der Waals surface area contributed by atoms with Crippen molar-refractivity contribution in [3.63, 3.8) is 0 Å². The van der Waals surface area contributed by atoms with Gasteiger partial charge in [-0.15, -0.1) is 0 Å². The van der Waals surface area contributed by atoms with Crippen LogP contribution in [0, 0.1) is 0 Å². The molecule has 21 heavy (non-hydrogen) atoms. The van der Waals surface area contributed by atoms with E-state index in [0.29, 0.717) is 22.1 Å². The Bertz CT molecular complexity index is 982. The standard InChI is InChI=1S/C15H12ClN5/c1-21-12-5-3-2-4-9(12)13(20-21)15-18-11-7-8(16)6-10(17)14(11)19-15/h2-7H,17H2,1H3,(H,18,19). The molecule has 0 spiro atoms. The van der Waals surface area contributed by atoms with Gasteiger partial charge in [-0.3, -0.25) is 4.68 Å². The van der Waals surface area contributed by atoms with Crippen LogP contribution in [0.2, 0.25) is 5.02 Å². The number of anilines is 1. The maximum atomic E-state index is 6.03. The Hall–Kier alpha value is -2.53. The van der Waals surface area contributed by atoms with Crippen LogP contribution >= 0.6 is 11.6 Å². The van der Waals surface area contributed by atoms with Crippen molar-refractivity contribution in [2.45, 2.75) is 0 Å². The number of rotatable bonds is 1. The number of nitrogens with one attached hydrogen (secondary N) is 1. The smallest absolute Gasteiger partial charge is 0.159 e. The fraction of sp³-hybridized carbons (Fsp3) is 0.0667. The summed E-state index contributed by atoms with van der Waals surface area (Å²) in [7, 11) is 1.92. The summed E-state index contributed by atoms with van der Waals surface area (Å²) < 4.78 is 1.84. The molecule has 0 amide bonds. The Morgan fingerprint density at radius 1 is 1.24 bits per heavy atom. The number of halogens is 1. The van der Waals surface area contributed by atoms with Crippen LogP contribution < -0.4 is 5.73 Å². The number of hydrogen-bond acceptors (Lipinski definition) is 3. The second-order valence-corrected chi connectivity index (χ2v) is 5.40. The molecule has 4 aromatic rings. The number of para-hydroxylation sites is 1. The van der Waals surface area contributed by atoms with E-state index in [0.717, 1.165) is 22.1 Å². The predicted octanol–water partition coefficient (Wildman–Crippen LogP) is 3.35. The Morgan fingerprint density at radius 2 is 2.05 bits per heavy atom. The lowest BCUT2D eigenvalue weighted by molar-refractivity contribution is 0.798. The first-order valence-corrected chi connectivity index (χ1v) is 6.88. The lowest BCUT2D eigenvalue weighted by Gasteiger charge is -1.94. The van der Waals surface area contributed by atoms with Crippen LogP contribution in [-0.4, -0.2) is 19.7 Å². The molecular weight excluding hydrogens is 286 g/mol. The van der Waals surface area contributed by atoms with Gasteiger partial charge in [0.2, 0.25) is 0 Å². The van der Waals surface area contributed by atoms with Crippen LogP contribution in [0.4, 0.5) is 5.69 Å². The van der Waals surface area contributed by atoms with Gasteiger partial charge in [0.1, 0.15) is 11.2 Å². The Labute approximate surface area is 125 Å². The van der Waals surface area contributed by atoms with E-state index >= 15 is 0 Å². The van der Waals surface area contributed by atoms with E-state index < -0.39 is 0 Å². The van der Waals surface area contributed by atoms with Gasteiger partial charge in [-0.25, -0.2) is 4.98 Å². The van der Waals surface area contributed by atoms with Gasteiger partial charge >= 0.3 is 0 Å². The van der Waals surface area contributed by atoms with Gasteiger partial charge in [0.05, 0.1) is 16.7 Å². The third kappa shape index (κ3) is 1.78. The quantitative estimate of drug-likeness (QED) is 0.529. The summed E-state index contributed by atoms with van der Waals surface area (Å²) in [6.45, 7) is 0. The highest BCUT2D eigenvalue weighted by Crippen LogP contribution is 2.30. The van der Waals surface area contributed by atoms with Crippen LogP contribution in [0.1, 0.15) is 0 Å². The van der Waals surface area contributed by atoms with Gasteiger partial charge in [0.15, 0.2) is 5.82 Å². The van der Waals surface area contributed by atoms with E-state index in [2.05, 4.69) is 15.1 Å². The van der Waals surface area contributed by atoms with Gasteiger partial charge in [-0.05, 0) is 18.2 Å². The molecule has 0 saturated heterocycles. The largest absolute Gasteiger partial charge is 0.397 e. The number of hydrogen-bond donors (Lipinski definition) is 2. The zero-order chi connectivity index (χ0) is 14.6. The van der Waals surface area contributed by atoms with E-state index in [1.54, 1.807) is 6.07 Å². The number of imidazole rings is 1. The fourth-order valence-corrected chi connectivity index (χ4v) is 2.84. The molecule has 0 bridgehead atoms. The van der Waals surface area contributed by atoms with Crippen LogP contribution in [0.5, 0.6) is 0 Å². The van der Waals surface area contributed by atoms with Crippen molar-refractivity contribution in [3.05, 3.63) is 41.4 Å². The van der Waals surface area contributed by atoms with Gasteiger partial charge < -0.3 is 10.7 Å². The van der Waals surface area contributed by atoms with Crippen molar-refractivity contribution in [1.82, 2.24) is 19.7 Å². The lowest BCUT2D eigenvalue weighted by atomic mass is 10.2. The number of aromatic amines is 1. The SMILES string of the molecule is Cn1nc(-c2nc3c(N)cc(Cl)cc3[nH]2)c2ccccc21.